The maximum Gasteiger partial charge on any atom is 0.101 e. The lowest BCUT2D eigenvalue weighted by atomic mass is 10.1. The van der Waals surface area contributed by atoms with Crippen molar-refractivity contribution in [2.45, 2.75) is 12.8 Å². The van der Waals surface area contributed by atoms with Crippen molar-refractivity contribution in [2.24, 2.45) is 5.92 Å². The van der Waals surface area contributed by atoms with Crippen LogP contribution in [-0.2, 0) is 0 Å². The van der Waals surface area contributed by atoms with Crippen LogP contribution < -0.4 is 4.90 Å². The summed E-state index contributed by atoms with van der Waals surface area (Å²) in [5.41, 5.74) is 1.90. The molecule has 94 valence electrons. The summed E-state index contributed by atoms with van der Waals surface area (Å²) in [5.74, 6) is 0.975. The molecule has 2 fully saturated rings. The molecule has 1 aromatic rings. The van der Waals surface area contributed by atoms with E-state index < -0.39 is 0 Å². The van der Waals surface area contributed by atoms with Gasteiger partial charge in [0, 0.05) is 32.7 Å². The van der Waals surface area contributed by atoms with E-state index in [1.807, 2.05) is 18.2 Å². The summed E-state index contributed by atoms with van der Waals surface area (Å²) in [6, 6.07) is 10.2. The molecule has 1 heterocycles. The van der Waals surface area contributed by atoms with Crippen molar-refractivity contribution in [2.75, 3.05) is 37.6 Å². The maximum atomic E-state index is 9.14. The number of hydrogen-bond acceptors (Lipinski definition) is 3. The fourth-order valence-electron chi connectivity index (χ4n) is 2.68. The number of hydrogen-bond donors (Lipinski definition) is 0. The zero-order valence-electron chi connectivity index (χ0n) is 10.7. The molecule has 1 aliphatic carbocycles. The predicted molar refractivity (Wildman–Crippen MR) is 72.5 cm³/mol. The molecule has 1 aromatic carbocycles. The summed E-state index contributed by atoms with van der Waals surface area (Å²) < 4.78 is 0. The summed E-state index contributed by atoms with van der Waals surface area (Å²) in [4.78, 5) is 4.92. The zero-order chi connectivity index (χ0) is 12.4. The molecule has 0 N–H and O–H groups in total. The summed E-state index contributed by atoms with van der Waals surface area (Å²) in [5, 5.41) is 9.14. The molecule has 0 unspecified atom stereocenters. The van der Waals surface area contributed by atoms with Crippen LogP contribution in [0.15, 0.2) is 24.3 Å². The van der Waals surface area contributed by atoms with Crippen LogP contribution in [0.4, 0.5) is 5.69 Å². The third-order valence-electron chi connectivity index (χ3n) is 3.95. The van der Waals surface area contributed by atoms with Crippen molar-refractivity contribution in [3.8, 4) is 6.07 Å². The minimum atomic E-state index is 0.799. The standard InChI is InChI=1S/C15H19N3/c16-11-14-3-1-2-4-15(14)18-9-7-17(8-10-18)12-13-5-6-13/h1-4,13H,5-10,12H2. The Morgan fingerprint density at radius 1 is 1.11 bits per heavy atom. The van der Waals surface area contributed by atoms with Gasteiger partial charge in [0.2, 0.25) is 0 Å². The number of anilines is 1. The molecule has 18 heavy (non-hydrogen) atoms. The van der Waals surface area contributed by atoms with E-state index in [2.05, 4.69) is 21.9 Å². The molecule has 0 atom stereocenters. The maximum absolute atomic E-state index is 9.14. The van der Waals surface area contributed by atoms with E-state index in [1.165, 1.54) is 19.4 Å². The van der Waals surface area contributed by atoms with Crippen molar-refractivity contribution >= 4 is 5.69 Å². The predicted octanol–water partition coefficient (Wildman–Crippen LogP) is 2.09. The first kappa shape index (κ1) is 11.6. The second-order valence-corrected chi connectivity index (χ2v) is 5.36. The molecule has 1 aliphatic heterocycles. The molecule has 0 spiro atoms. The van der Waals surface area contributed by atoms with Gasteiger partial charge in [0.1, 0.15) is 6.07 Å². The molecule has 0 bridgehead atoms. The van der Waals surface area contributed by atoms with Gasteiger partial charge < -0.3 is 4.90 Å². The van der Waals surface area contributed by atoms with Crippen molar-refractivity contribution < 1.29 is 0 Å². The van der Waals surface area contributed by atoms with Gasteiger partial charge in [-0.2, -0.15) is 5.26 Å². The normalized spacial score (nSPS) is 20.7. The van der Waals surface area contributed by atoms with Gasteiger partial charge >= 0.3 is 0 Å². The van der Waals surface area contributed by atoms with Gasteiger partial charge in [-0.1, -0.05) is 12.1 Å². The highest BCUT2D eigenvalue weighted by atomic mass is 15.3. The van der Waals surface area contributed by atoms with Crippen LogP contribution >= 0.6 is 0 Å². The highest BCUT2D eigenvalue weighted by Crippen LogP contribution is 2.30. The Morgan fingerprint density at radius 3 is 2.50 bits per heavy atom. The van der Waals surface area contributed by atoms with Gasteiger partial charge in [-0.05, 0) is 30.9 Å². The quantitative estimate of drug-likeness (QED) is 0.811. The van der Waals surface area contributed by atoms with E-state index in [4.69, 9.17) is 5.26 Å². The number of benzene rings is 1. The molecule has 1 saturated heterocycles. The lowest BCUT2D eigenvalue weighted by Crippen LogP contribution is -2.47. The van der Waals surface area contributed by atoms with Crippen LogP contribution in [0.5, 0.6) is 0 Å². The summed E-state index contributed by atoms with van der Waals surface area (Å²) in [6.07, 6.45) is 2.86. The second-order valence-electron chi connectivity index (χ2n) is 5.36. The topological polar surface area (TPSA) is 30.3 Å². The first-order chi connectivity index (χ1) is 8.86. The van der Waals surface area contributed by atoms with Crippen LogP contribution in [0.1, 0.15) is 18.4 Å². The Morgan fingerprint density at radius 2 is 1.83 bits per heavy atom. The van der Waals surface area contributed by atoms with Crippen molar-refractivity contribution in [1.82, 2.24) is 4.90 Å². The smallest absolute Gasteiger partial charge is 0.101 e. The Balaban J connectivity index is 1.63. The van der Waals surface area contributed by atoms with E-state index in [0.29, 0.717) is 0 Å². The minimum Gasteiger partial charge on any atom is -0.368 e. The number of nitriles is 1. The van der Waals surface area contributed by atoms with Gasteiger partial charge in [0.15, 0.2) is 0 Å². The van der Waals surface area contributed by atoms with Gasteiger partial charge in [-0.25, -0.2) is 0 Å². The molecule has 3 nitrogen and oxygen atoms in total. The average Bonchev–Trinajstić information content (AvgIpc) is 3.24. The molecule has 0 aromatic heterocycles. The number of rotatable bonds is 3. The first-order valence-electron chi connectivity index (χ1n) is 6.83. The van der Waals surface area contributed by atoms with Gasteiger partial charge in [0.25, 0.3) is 0 Å². The van der Waals surface area contributed by atoms with Gasteiger partial charge in [0.05, 0.1) is 11.3 Å². The molecule has 3 heteroatoms. The average molecular weight is 241 g/mol. The van der Waals surface area contributed by atoms with E-state index in [-0.39, 0.29) is 0 Å². The molecule has 0 amide bonds. The van der Waals surface area contributed by atoms with Gasteiger partial charge in [-0.3, -0.25) is 4.90 Å². The fourth-order valence-corrected chi connectivity index (χ4v) is 2.68. The highest BCUT2D eigenvalue weighted by molar-refractivity contribution is 5.59. The molecule has 1 saturated carbocycles. The van der Waals surface area contributed by atoms with Crippen LogP contribution in [0.3, 0.4) is 0 Å². The molecular formula is C15H19N3. The largest absolute Gasteiger partial charge is 0.368 e. The summed E-state index contributed by atoms with van der Waals surface area (Å²) in [6.45, 7) is 5.65. The number of nitrogens with zero attached hydrogens (tertiary/aromatic N) is 3. The third kappa shape index (κ3) is 2.49. The Kier molecular flexibility index (Phi) is 3.21. The summed E-state index contributed by atoms with van der Waals surface area (Å²) in [7, 11) is 0. The second kappa shape index (κ2) is 4.99. The molecule has 0 radical (unpaired) electrons. The molecule has 2 aliphatic rings. The van der Waals surface area contributed by atoms with Crippen LogP contribution in [-0.4, -0.2) is 37.6 Å². The van der Waals surface area contributed by atoms with Crippen molar-refractivity contribution in [1.29, 1.82) is 5.26 Å². The Hall–Kier alpha value is -1.53. The molecular weight excluding hydrogens is 222 g/mol. The van der Waals surface area contributed by atoms with Crippen LogP contribution in [0, 0.1) is 17.2 Å². The zero-order valence-corrected chi connectivity index (χ0v) is 10.7. The van der Waals surface area contributed by atoms with Crippen molar-refractivity contribution in [3.63, 3.8) is 0 Å². The van der Waals surface area contributed by atoms with Crippen LogP contribution in [0.2, 0.25) is 0 Å². The highest BCUT2D eigenvalue weighted by Gasteiger charge is 2.26. The monoisotopic (exact) mass is 241 g/mol. The van der Waals surface area contributed by atoms with E-state index in [0.717, 1.165) is 43.3 Å². The van der Waals surface area contributed by atoms with E-state index in [1.54, 1.807) is 0 Å². The molecule has 3 rings (SSSR count). The SMILES string of the molecule is N#Cc1ccccc1N1CCN(CC2CC2)CC1. The van der Waals surface area contributed by atoms with E-state index >= 15 is 0 Å². The van der Waals surface area contributed by atoms with Gasteiger partial charge in [-0.15, -0.1) is 0 Å². The first-order valence-corrected chi connectivity index (χ1v) is 6.83. The fraction of sp³-hybridized carbons (Fsp3) is 0.533. The number of piperazine rings is 1. The van der Waals surface area contributed by atoms with Crippen LogP contribution in [0.25, 0.3) is 0 Å². The van der Waals surface area contributed by atoms with E-state index in [9.17, 15) is 0 Å². The number of para-hydroxylation sites is 1. The third-order valence-corrected chi connectivity index (χ3v) is 3.95. The summed E-state index contributed by atoms with van der Waals surface area (Å²) >= 11 is 0. The minimum absolute atomic E-state index is 0.799. The Labute approximate surface area is 109 Å². The van der Waals surface area contributed by atoms with Crippen molar-refractivity contribution in [3.05, 3.63) is 29.8 Å². The lowest BCUT2D eigenvalue weighted by molar-refractivity contribution is 0.248. The Bertz CT molecular complexity index is 451. The lowest BCUT2D eigenvalue weighted by Gasteiger charge is -2.36.